The van der Waals surface area contributed by atoms with Gasteiger partial charge in [-0.1, -0.05) is 42.5 Å². The van der Waals surface area contributed by atoms with E-state index in [0.29, 0.717) is 5.56 Å². The second-order valence-corrected chi connectivity index (χ2v) is 10.9. The minimum atomic E-state index is -0.260. The quantitative estimate of drug-likeness (QED) is 0.457. The van der Waals surface area contributed by atoms with Crippen molar-refractivity contribution in [3.8, 4) is 11.1 Å². The highest BCUT2D eigenvalue weighted by Crippen LogP contribution is 2.28. The summed E-state index contributed by atoms with van der Waals surface area (Å²) in [6.07, 6.45) is 4.70. The Balaban J connectivity index is 1.22. The molecule has 38 heavy (non-hydrogen) atoms. The molecule has 2 amide bonds. The first-order chi connectivity index (χ1) is 18.3. The normalized spacial score (nSPS) is 19.2. The van der Waals surface area contributed by atoms with E-state index >= 15 is 0 Å². The fourth-order valence-electron chi connectivity index (χ4n) is 5.86. The van der Waals surface area contributed by atoms with Crippen LogP contribution in [-0.2, 0) is 24.2 Å². The maximum atomic E-state index is 13.3. The van der Waals surface area contributed by atoms with Crippen LogP contribution in [0, 0.1) is 5.82 Å². The van der Waals surface area contributed by atoms with Gasteiger partial charge < -0.3 is 9.80 Å². The zero-order valence-corrected chi connectivity index (χ0v) is 22.5. The molecule has 1 aliphatic heterocycles. The van der Waals surface area contributed by atoms with Crippen molar-refractivity contribution in [1.29, 1.82) is 0 Å². The number of carbonyl (C=O) groups is 2. The summed E-state index contributed by atoms with van der Waals surface area (Å²) in [6, 6.07) is 20.8. The summed E-state index contributed by atoms with van der Waals surface area (Å²) in [4.78, 5) is 31.7. The maximum absolute atomic E-state index is 13.3. The van der Waals surface area contributed by atoms with E-state index in [1.54, 1.807) is 17.0 Å². The van der Waals surface area contributed by atoms with Gasteiger partial charge in [0.25, 0.3) is 5.91 Å². The van der Waals surface area contributed by atoms with E-state index in [2.05, 4.69) is 23.1 Å². The van der Waals surface area contributed by atoms with Gasteiger partial charge in [0.2, 0.25) is 5.91 Å². The van der Waals surface area contributed by atoms with Crippen LogP contribution in [0.3, 0.4) is 0 Å². The van der Waals surface area contributed by atoms with Crippen molar-refractivity contribution < 1.29 is 14.0 Å². The molecule has 5 nitrogen and oxygen atoms in total. The van der Waals surface area contributed by atoms with E-state index in [1.165, 1.54) is 28.8 Å². The second kappa shape index (κ2) is 11.1. The van der Waals surface area contributed by atoms with Gasteiger partial charge in [-0.25, -0.2) is 4.39 Å². The van der Waals surface area contributed by atoms with Crippen molar-refractivity contribution in [1.82, 2.24) is 14.7 Å². The lowest BCUT2D eigenvalue weighted by Crippen LogP contribution is -2.42. The number of rotatable bonds is 6. The molecule has 6 heteroatoms. The molecule has 0 radical (unpaired) electrons. The largest absolute Gasteiger partial charge is 0.347 e. The van der Waals surface area contributed by atoms with Crippen molar-refractivity contribution >= 4 is 11.8 Å². The molecule has 5 rings (SSSR count). The topological polar surface area (TPSA) is 43.9 Å². The molecule has 0 unspecified atom stereocenters. The average Bonchev–Trinajstić information content (AvgIpc) is 3.40. The lowest BCUT2D eigenvalue weighted by molar-refractivity contribution is -0.133. The van der Waals surface area contributed by atoms with Crippen molar-refractivity contribution in [3.05, 3.63) is 94.8 Å². The number of hydrogen-bond donors (Lipinski definition) is 0. The Morgan fingerprint density at radius 3 is 2.26 bits per heavy atom. The number of amides is 2. The summed E-state index contributed by atoms with van der Waals surface area (Å²) in [5.41, 5.74) is 6.46. The van der Waals surface area contributed by atoms with E-state index in [1.807, 2.05) is 50.3 Å². The second-order valence-electron chi connectivity index (χ2n) is 10.9. The summed E-state index contributed by atoms with van der Waals surface area (Å²) < 4.78 is 13.2. The number of hydrogen-bond acceptors (Lipinski definition) is 3. The molecule has 3 aromatic rings. The molecule has 0 bridgehead atoms. The molecule has 0 aromatic heterocycles. The van der Waals surface area contributed by atoms with Gasteiger partial charge in [0.1, 0.15) is 5.82 Å². The molecule has 1 heterocycles. The molecule has 3 aromatic carbocycles. The number of benzene rings is 3. The molecule has 0 N–H and O–H groups in total. The van der Waals surface area contributed by atoms with E-state index in [9.17, 15) is 14.0 Å². The molecule has 2 aliphatic rings. The number of halogens is 1. The monoisotopic (exact) mass is 513 g/mol. The predicted octanol–water partition coefficient (Wildman–Crippen LogP) is 5.17. The number of fused-ring (bicyclic) bond motifs is 1. The van der Waals surface area contributed by atoms with Crippen LogP contribution in [0.4, 0.5) is 4.39 Å². The summed E-state index contributed by atoms with van der Waals surface area (Å²) in [5, 5.41) is 0. The van der Waals surface area contributed by atoms with Gasteiger partial charge in [-0.05, 0) is 90.7 Å². The minimum absolute atomic E-state index is 0.0187. The Morgan fingerprint density at radius 2 is 1.58 bits per heavy atom. The Kier molecular flexibility index (Phi) is 7.61. The van der Waals surface area contributed by atoms with Gasteiger partial charge in [-0.2, -0.15) is 0 Å². The zero-order valence-electron chi connectivity index (χ0n) is 22.5. The van der Waals surface area contributed by atoms with Crippen LogP contribution in [0.25, 0.3) is 11.1 Å². The highest BCUT2D eigenvalue weighted by molar-refractivity contribution is 5.94. The van der Waals surface area contributed by atoms with Crippen molar-refractivity contribution in [2.24, 2.45) is 0 Å². The molecule has 0 saturated carbocycles. The lowest BCUT2D eigenvalue weighted by Gasteiger charge is -2.33. The van der Waals surface area contributed by atoms with Crippen LogP contribution < -0.4 is 0 Å². The Hall–Kier alpha value is -3.51. The number of carbonyl (C=O) groups excluding carboxylic acids is 2. The van der Waals surface area contributed by atoms with Crippen molar-refractivity contribution in [3.63, 3.8) is 0 Å². The molecule has 0 spiro atoms. The fraction of sp³-hybridized carbons (Fsp3) is 0.375. The standard InChI is InChI=1S/C32H36FN3O2/c1-34(2)32(38)30-5-4-18-36(30)21-22-6-7-27-20-29(17-14-26(27)19-22)35(3)31(37)25-10-8-23(9-11-25)24-12-15-28(33)16-13-24/h6-13,15-16,19,29-30H,4-5,14,17-18,20-21H2,1-3H3/t29-,30-/m0/s1. The maximum Gasteiger partial charge on any atom is 0.253 e. The van der Waals surface area contributed by atoms with Crippen LogP contribution in [-0.4, -0.2) is 66.3 Å². The molecular formula is C32H36FN3O2. The highest BCUT2D eigenvalue weighted by Gasteiger charge is 2.32. The molecule has 1 aliphatic carbocycles. The zero-order chi connectivity index (χ0) is 26.8. The highest BCUT2D eigenvalue weighted by atomic mass is 19.1. The summed E-state index contributed by atoms with van der Waals surface area (Å²) in [6.45, 7) is 1.76. The molecule has 1 fully saturated rings. The third kappa shape index (κ3) is 5.51. The van der Waals surface area contributed by atoms with Crippen LogP contribution >= 0.6 is 0 Å². The van der Waals surface area contributed by atoms with Crippen molar-refractivity contribution in [2.75, 3.05) is 27.7 Å². The summed E-state index contributed by atoms with van der Waals surface area (Å²) in [5.74, 6) is -0.0448. The molecular weight excluding hydrogens is 477 g/mol. The van der Waals surface area contributed by atoms with Crippen LogP contribution in [0.15, 0.2) is 66.7 Å². The Morgan fingerprint density at radius 1 is 0.895 bits per heavy atom. The Labute approximate surface area is 224 Å². The fourth-order valence-corrected chi connectivity index (χ4v) is 5.86. The van der Waals surface area contributed by atoms with Crippen LogP contribution in [0.5, 0.6) is 0 Å². The van der Waals surface area contributed by atoms with Gasteiger partial charge in [0, 0.05) is 39.3 Å². The first-order valence-corrected chi connectivity index (χ1v) is 13.5. The molecule has 2 atom stereocenters. The van der Waals surface area contributed by atoms with Gasteiger partial charge in [0.15, 0.2) is 0 Å². The summed E-state index contributed by atoms with van der Waals surface area (Å²) in [7, 11) is 5.56. The third-order valence-corrected chi connectivity index (χ3v) is 8.13. The van der Waals surface area contributed by atoms with Crippen LogP contribution in [0.2, 0.25) is 0 Å². The van der Waals surface area contributed by atoms with Gasteiger partial charge in [0.05, 0.1) is 6.04 Å². The number of nitrogens with zero attached hydrogens (tertiary/aromatic N) is 3. The first-order valence-electron chi connectivity index (χ1n) is 13.5. The van der Waals surface area contributed by atoms with E-state index in [-0.39, 0.29) is 29.7 Å². The SMILES string of the molecule is CN(C)C(=O)[C@@H]1CCCN1Cc1ccc2c(c1)CC[C@H](N(C)C(=O)c1ccc(-c3ccc(F)cc3)cc1)C2. The van der Waals surface area contributed by atoms with Crippen molar-refractivity contribution in [2.45, 2.75) is 50.7 Å². The third-order valence-electron chi connectivity index (χ3n) is 8.13. The number of aryl methyl sites for hydroxylation is 1. The van der Waals surface area contributed by atoms with Gasteiger partial charge >= 0.3 is 0 Å². The lowest BCUT2D eigenvalue weighted by atomic mass is 9.86. The van der Waals surface area contributed by atoms with Gasteiger partial charge in [-0.3, -0.25) is 14.5 Å². The van der Waals surface area contributed by atoms with Crippen LogP contribution in [0.1, 0.15) is 46.3 Å². The van der Waals surface area contributed by atoms with E-state index in [4.69, 9.17) is 0 Å². The summed E-state index contributed by atoms with van der Waals surface area (Å²) >= 11 is 0. The Bertz CT molecular complexity index is 1300. The van der Waals surface area contributed by atoms with Gasteiger partial charge in [-0.15, -0.1) is 0 Å². The average molecular weight is 514 g/mol. The smallest absolute Gasteiger partial charge is 0.253 e. The molecule has 1 saturated heterocycles. The first kappa shape index (κ1) is 26.1. The number of likely N-dealkylation sites (tertiary alicyclic amines) is 1. The minimum Gasteiger partial charge on any atom is -0.347 e. The van der Waals surface area contributed by atoms with E-state index in [0.717, 1.165) is 56.3 Å². The number of likely N-dealkylation sites (N-methyl/N-ethyl adjacent to an activating group) is 2. The predicted molar refractivity (Wildman–Crippen MR) is 148 cm³/mol. The molecule has 198 valence electrons. The van der Waals surface area contributed by atoms with E-state index < -0.39 is 0 Å².